The lowest BCUT2D eigenvalue weighted by Gasteiger charge is -2.47. The number of hydrogen-bond acceptors (Lipinski definition) is 7. The van der Waals surface area contributed by atoms with E-state index in [1.165, 1.54) is 6.07 Å². The van der Waals surface area contributed by atoms with E-state index < -0.39 is 40.7 Å². The van der Waals surface area contributed by atoms with Crippen molar-refractivity contribution in [3.63, 3.8) is 0 Å². The van der Waals surface area contributed by atoms with Crippen LogP contribution in [0.25, 0.3) is 0 Å². The second-order valence-corrected chi connectivity index (χ2v) is 18.9. The average Bonchev–Trinajstić information content (AvgIpc) is 3.89. The Labute approximate surface area is 380 Å². The SMILES string of the molecule is C=C1CCC(N2Cc3c(NC4CCN(C(=O)c5ccc(NC(=O)[C@@H]6NC7(CCCCC7)[C@@]7(C(=O)Nc8cc(Cl)ccc87)[C@H]6c6cccc(Cl)c6F)cc5)CC4)cccc3C2=O)C(=O)N1. The van der Waals surface area contributed by atoms with Crippen LogP contribution in [0.5, 0.6) is 0 Å². The smallest absolute Gasteiger partial charge is 0.255 e. The van der Waals surface area contributed by atoms with Crippen LogP contribution >= 0.6 is 23.2 Å². The summed E-state index contributed by atoms with van der Waals surface area (Å²) in [5, 5.41) is 16.5. The zero-order valence-corrected chi connectivity index (χ0v) is 36.6. The van der Waals surface area contributed by atoms with E-state index in [0.29, 0.717) is 96.9 Å². The maximum absolute atomic E-state index is 16.3. The third kappa shape index (κ3) is 6.85. The van der Waals surface area contributed by atoms with Crippen molar-refractivity contribution in [3.8, 4) is 0 Å². The number of allylic oxidation sites excluding steroid dienone is 1. The van der Waals surface area contributed by atoms with Gasteiger partial charge in [-0.1, -0.05) is 73.3 Å². The van der Waals surface area contributed by atoms with Crippen molar-refractivity contribution in [2.45, 2.75) is 99.3 Å². The Kier molecular flexibility index (Phi) is 10.8. The maximum atomic E-state index is 16.3. The van der Waals surface area contributed by atoms with E-state index in [0.717, 1.165) is 30.5 Å². The molecular formula is C49H48Cl2FN7O5. The maximum Gasteiger partial charge on any atom is 0.255 e. The first kappa shape index (κ1) is 42.2. The molecule has 3 saturated heterocycles. The molecule has 10 rings (SSSR count). The highest BCUT2D eigenvalue weighted by molar-refractivity contribution is 6.31. The number of anilines is 3. The summed E-state index contributed by atoms with van der Waals surface area (Å²) in [5.74, 6) is -2.90. The van der Waals surface area contributed by atoms with Crippen LogP contribution in [0.3, 0.4) is 0 Å². The first-order valence-corrected chi connectivity index (χ1v) is 22.9. The molecule has 4 aromatic rings. The van der Waals surface area contributed by atoms with E-state index in [1.807, 2.05) is 23.1 Å². The number of benzene rings is 4. The molecule has 1 saturated carbocycles. The van der Waals surface area contributed by atoms with Crippen molar-refractivity contribution in [3.05, 3.63) is 135 Å². The summed E-state index contributed by atoms with van der Waals surface area (Å²) in [7, 11) is 0. The quantitative estimate of drug-likeness (QED) is 0.127. The first-order valence-electron chi connectivity index (χ1n) is 22.1. The van der Waals surface area contributed by atoms with Crippen molar-refractivity contribution in [2.75, 3.05) is 29.0 Å². The number of nitrogens with zero attached hydrogens (tertiary/aromatic N) is 2. The number of hydrogen-bond donors (Lipinski definition) is 5. The van der Waals surface area contributed by atoms with Crippen LogP contribution in [0.15, 0.2) is 91.1 Å². The van der Waals surface area contributed by atoms with Crippen LogP contribution in [0.1, 0.15) is 101 Å². The van der Waals surface area contributed by atoms with Crippen LogP contribution < -0.4 is 26.6 Å². The van der Waals surface area contributed by atoms with Gasteiger partial charge in [0, 0.05) is 81.6 Å². The van der Waals surface area contributed by atoms with Crippen molar-refractivity contribution < 1.29 is 28.4 Å². The number of likely N-dealkylation sites (tertiary alicyclic amines) is 1. The highest BCUT2D eigenvalue weighted by Crippen LogP contribution is 2.63. The Hall–Kier alpha value is -5.76. The predicted molar refractivity (Wildman–Crippen MR) is 243 cm³/mol. The second kappa shape index (κ2) is 16.3. The summed E-state index contributed by atoms with van der Waals surface area (Å²) in [6.07, 6.45) is 6.36. The third-order valence-corrected chi connectivity index (χ3v) is 15.1. The zero-order valence-electron chi connectivity index (χ0n) is 35.1. The molecule has 15 heteroatoms. The molecule has 1 aliphatic carbocycles. The fourth-order valence-corrected chi connectivity index (χ4v) is 11.9. The number of carbonyl (C=O) groups excluding carboxylic acids is 5. The molecule has 5 N–H and O–H groups in total. The molecule has 330 valence electrons. The number of rotatable bonds is 7. The molecule has 4 atom stereocenters. The van der Waals surface area contributed by atoms with E-state index in [2.05, 4.69) is 33.2 Å². The molecule has 5 heterocycles. The fourth-order valence-electron chi connectivity index (χ4n) is 11.6. The van der Waals surface area contributed by atoms with Crippen LogP contribution in [-0.2, 0) is 26.3 Å². The van der Waals surface area contributed by atoms with Crippen molar-refractivity contribution in [1.82, 2.24) is 20.4 Å². The summed E-state index contributed by atoms with van der Waals surface area (Å²) >= 11 is 12.8. The molecule has 0 bridgehead atoms. The number of amides is 5. The number of piperidine rings is 2. The number of fused-ring (bicyclic) bond motifs is 4. The van der Waals surface area contributed by atoms with Gasteiger partial charge in [-0.3, -0.25) is 29.3 Å². The van der Waals surface area contributed by atoms with E-state index in [9.17, 15) is 24.0 Å². The largest absolute Gasteiger partial charge is 0.382 e. The molecule has 2 spiro atoms. The van der Waals surface area contributed by atoms with Crippen molar-refractivity contribution in [2.24, 2.45) is 0 Å². The third-order valence-electron chi connectivity index (χ3n) is 14.5. The van der Waals surface area contributed by atoms with Gasteiger partial charge in [0.2, 0.25) is 17.7 Å². The molecule has 0 radical (unpaired) electrons. The fraction of sp³-hybridized carbons (Fsp3) is 0.367. The number of halogens is 3. The Bertz CT molecular complexity index is 2630. The lowest BCUT2D eigenvalue weighted by molar-refractivity contribution is -0.126. The second-order valence-electron chi connectivity index (χ2n) is 18.0. The Morgan fingerprint density at radius 2 is 1.62 bits per heavy atom. The van der Waals surface area contributed by atoms with Gasteiger partial charge < -0.3 is 31.1 Å². The molecule has 4 aromatic carbocycles. The molecular weight excluding hydrogens is 856 g/mol. The van der Waals surface area contributed by atoms with Gasteiger partial charge >= 0.3 is 0 Å². The highest BCUT2D eigenvalue weighted by atomic mass is 35.5. The lowest BCUT2D eigenvalue weighted by Crippen LogP contribution is -2.60. The van der Waals surface area contributed by atoms with Crippen LogP contribution in [0.2, 0.25) is 10.0 Å². The molecule has 6 aliphatic rings. The molecule has 64 heavy (non-hydrogen) atoms. The summed E-state index contributed by atoms with van der Waals surface area (Å²) < 4.78 is 16.3. The Morgan fingerprint density at radius 1 is 0.875 bits per heavy atom. The summed E-state index contributed by atoms with van der Waals surface area (Å²) in [6.45, 7) is 5.23. The predicted octanol–water partition coefficient (Wildman–Crippen LogP) is 7.88. The van der Waals surface area contributed by atoms with Crippen LogP contribution in [-0.4, -0.2) is 76.1 Å². The summed E-state index contributed by atoms with van der Waals surface area (Å²) in [6, 6.07) is 20.8. The standard InChI is InChI=1S/C49H48Cl2FN7O5/c1-27-11-18-39(43(60)53-27)59-26-34-32(46(59)63)7-6-10-37(34)54-31-19-23-58(24-20-31)45(62)28-12-15-30(16-13-28)55-44(61)42-40(33-8-5-9-36(51)41(33)52)49(48(57-42)21-3-2-4-22-48)35-17-14-29(50)25-38(35)56-47(49)64/h5-10,12-17,25,31,39-40,42,54,57H,1-4,11,18-24,26H2,(H,53,60)(H,55,61)(H,56,64)/t39?,40-,42+,49+/m0/s1. The number of carbonyl (C=O) groups is 5. The molecule has 5 amide bonds. The van der Waals surface area contributed by atoms with Crippen LogP contribution in [0, 0.1) is 5.82 Å². The van der Waals surface area contributed by atoms with Gasteiger partial charge in [-0.25, -0.2) is 4.39 Å². The van der Waals surface area contributed by atoms with E-state index >= 15 is 4.39 Å². The molecule has 0 aromatic heterocycles. The molecule has 1 unspecified atom stereocenters. The van der Waals surface area contributed by atoms with Gasteiger partial charge in [0.05, 0.1) is 11.1 Å². The lowest BCUT2D eigenvalue weighted by atomic mass is 9.55. The normalized spacial score (nSPS) is 25.0. The van der Waals surface area contributed by atoms with Gasteiger partial charge in [0.25, 0.3) is 11.8 Å². The monoisotopic (exact) mass is 903 g/mol. The van der Waals surface area contributed by atoms with Crippen LogP contribution in [0.4, 0.5) is 21.5 Å². The summed E-state index contributed by atoms with van der Waals surface area (Å²) in [4.78, 5) is 72.7. The van der Waals surface area contributed by atoms with Crippen molar-refractivity contribution in [1.29, 1.82) is 0 Å². The first-order chi connectivity index (χ1) is 30.9. The molecule has 4 fully saturated rings. The van der Waals surface area contributed by atoms with E-state index in [-0.39, 0.29) is 40.3 Å². The summed E-state index contributed by atoms with van der Waals surface area (Å²) in [5.41, 5.74) is 3.07. The van der Waals surface area contributed by atoms with Gasteiger partial charge in [0.15, 0.2) is 0 Å². The van der Waals surface area contributed by atoms with E-state index in [4.69, 9.17) is 23.2 Å². The van der Waals surface area contributed by atoms with Gasteiger partial charge in [0.1, 0.15) is 17.3 Å². The topological polar surface area (TPSA) is 152 Å². The zero-order chi connectivity index (χ0) is 44.5. The van der Waals surface area contributed by atoms with Gasteiger partial charge in [-0.15, -0.1) is 0 Å². The average molecular weight is 905 g/mol. The van der Waals surface area contributed by atoms with E-state index in [1.54, 1.807) is 59.5 Å². The highest BCUT2D eigenvalue weighted by Gasteiger charge is 2.72. The van der Waals surface area contributed by atoms with Gasteiger partial charge in [-0.2, -0.15) is 0 Å². The Morgan fingerprint density at radius 3 is 2.38 bits per heavy atom. The molecule has 12 nitrogen and oxygen atoms in total. The minimum absolute atomic E-state index is 0.0699. The van der Waals surface area contributed by atoms with Gasteiger partial charge in [-0.05, 0) is 104 Å². The minimum atomic E-state index is -1.35. The molecule has 5 aliphatic heterocycles. The van der Waals surface area contributed by atoms with Crippen molar-refractivity contribution >= 4 is 69.8 Å². The number of nitrogens with one attached hydrogen (secondary N) is 5. The Balaban J connectivity index is 0.833. The minimum Gasteiger partial charge on any atom is -0.382 e.